The molecular formula is C23H21ClN2O2S. The number of carbonyl (C=O) groups excluding carboxylic acids is 2. The van der Waals surface area contributed by atoms with Crippen LogP contribution in [0.3, 0.4) is 0 Å². The average Bonchev–Trinajstić information content (AvgIpc) is 3.42. The van der Waals surface area contributed by atoms with Crippen LogP contribution in [0.25, 0.3) is 10.4 Å². The Kier molecular flexibility index (Phi) is 5.43. The monoisotopic (exact) mass is 424 g/mol. The molecule has 0 saturated heterocycles. The van der Waals surface area contributed by atoms with Gasteiger partial charge in [-0.1, -0.05) is 29.8 Å². The number of amides is 2. The fraction of sp³-hybridized carbons (Fsp3) is 0.217. The average molecular weight is 425 g/mol. The minimum absolute atomic E-state index is 0.0969. The molecule has 0 unspecified atom stereocenters. The van der Waals surface area contributed by atoms with E-state index < -0.39 is 0 Å². The molecule has 1 fully saturated rings. The van der Waals surface area contributed by atoms with Crippen molar-refractivity contribution in [1.29, 1.82) is 0 Å². The van der Waals surface area contributed by atoms with Crippen LogP contribution in [0.5, 0.6) is 0 Å². The van der Waals surface area contributed by atoms with E-state index in [0.29, 0.717) is 27.2 Å². The molecule has 1 saturated carbocycles. The summed E-state index contributed by atoms with van der Waals surface area (Å²) in [7, 11) is 0. The van der Waals surface area contributed by atoms with Gasteiger partial charge in [-0.05, 0) is 73.7 Å². The zero-order valence-electron chi connectivity index (χ0n) is 16.2. The zero-order valence-corrected chi connectivity index (χ0v) is 17.8. The van der Waals surface area contributed by atoms with Crippen LogP contribution in [0, 0.1) is 13.8 Å². The summed E-state index contributed by atoms with van der Waals surface area (Å²) < 4.78 is 0. The Labute approximate surface area is 178 Å². The highest BCUT2D eigenvalue weighted by molar-refractivity contribution is 7.17. The molecule has 0 radical (unpaired) electrons. The molecule has 0 aliphatic heterocycles. The van der Waals surface area contributed by atoms with Gasteiger partial charge in [0.05, 0.1) is 4.88 Å². The van der Waals surface area contributed by atoms with Crippen LogP contribution in [-0.4, -0.2) is 17.9 Å². The maximum atomic E-state index is 12.9. The van der Waals surface area contributed by atoms with Crippen molar-refractivity contribution < 1.29 is 9.59 Å². The Morgan fingerprint density at radius 2 is 1.69 bits per heavy atom. The first-order valence-electron chi connectivity index (χ1n) is 9.50. The molecule has 148 valence electrons. The maximum Gasteiger partial charge on any atom is 0.266 e. The second-order valence-corrected chi connectivity index (χ2v) is 8.85. The van der Waals surface area contributed by atoms with Crippen molar-refractivity contribution in [1.82, 2.24) is 5.32 Å². The highest BCUT2D eigenvalue weighted by Crippen LogP contribution is 2.32. The molecule has 6 heteroatoms. The third-order valence-electron chi connectivity index (χ3n) is 4.91. The maximum absolute atomic E-state index is 12.9. The molecular weight excluding hydrogens is 404 g/mol. The number of hydrogen-bond donors (Lipinski definition) is 2. The van der Waals surface area contributed by atoms with Gasteiger partial charge in [-0.2, -0.15) is 0 Å². The van der Waals surface area contributed by atoms with Crippen LogP contribution in [0.2, 0.25) is 5.02 Å². The van der Waals surface area contributed by atoms with Crippen LogP contribution in [0.4, 0.5) is 5.69 Å². The van der Waals surface area contributed by atoms with E-state index in [2.05, 4.69) is 10.6 Å². The van der Waals surface area contributed by atoms with E-state index >= 15 is 0 Å². The summed E-state index contributed by atoms with van der Waals surface area (Å²) in [6, 6.07) is 15.3. The molecule has 0 bridgehead atoms. The standard InChI is InChI=1S/C23H21ClN2O2S/c1-13-3-4-16(22(27)25-18-9-10-18)12-19(13)26-23(28)21-14(2)11-20(29-21)15-5-7-17(24)8-6-15/h3-8,11-12,18H,9-10H2,1-2H3,(H,25,27)(H,26,28). The van der Waals surface area contributed by atoms with Crippen molar-refractivity contribution in [3.63, 3.8) is 0 Å². The molecule has 2 N–H and O–H groups in total. The van der Waals surface area contributed by atoms with Gasteiger partial charge in [0.2, 0.25) is 0 Å². The van der Waals surface area contributed by atoms with Gasteiger partial charge >= 0.3 is 0 Å². The number of hydrogen-bond acceptors (Lipinski definition) is 3. The second kappa shape index (κ2) is 8.01. The Morgan fingerprint density at radius 1 is 0.966 bits per heavy atom. The van der Waals surface area contributed by atoms with E-state index in [4.69, 9.17) is 11.6 Å². The van der Waals surface area contributed by atoms with E-state index in [1.54, 1.807) is 12.1 Å². The van der Waals surface area contributed by atoms with Gasteiger partial charge in [0.1, 0.15) is 0 Å². The van der Waals surface area contributed by atoms with Gasteiger partial charge < -0.3 is 10.6 Å². The zero-order chi connectivity index (χ0) is 20.5. The molecule has 0 spiro atoms. The molecule has 3 aromatic rings. The van der Waals surface area contributed by atoms with Crippen molar-refractivity contribution in [3.05, 3.63) is 75.1 Å². The summed E-state index contributed by atoms with van der Waals surface area (Å²) in [5.74, 6) is -0.268. The smallest absolute Gasteiger partial charge is 0.266 e. The number of nitrogens with one attached hydrogen (secondary N) is 2. The lowest BCUT2D eigenvalue weighted by Crippen LogP contribution is -2.25. The van der Waals surface area contributed by atoms with Gasteiger partial charge in [0.25, 0.3) is 11.8 Å². The van der Waals surface area contributed by atoms with E-state index in [1.807, 2.05) is 50.2 Å². The number of carbonyl (C=O) groups is 2. The number of rotatable bonds is 5. The minimum Gasteiger partial charge on any atom is -0.349 e. The number of aryl methyl sites for hydroxylation is 2. The summed E-state index contributed by atoms with van der Waals surface area (Å²) in [6.07, 6.45) is 2.07. The lowest BCUT2D eigenvalue weighted by molar-refractivity contribution is 0.0949. The van der Waals surface area contributed by atoms with Crippen LogP contribution in [0.15, 0.2) is 48.5 Å². The summed E-state index contributed by atoms with van der Waals surface area (Å²) in [6.45, 7) is 3.84. The highest BCUT2D eigenvalue weighted by Gasteiger charge is 2.24. The van der Waals surface area contributed by atoms with Crippen molar-refractivity contribution in [2.75, 3.05) is 5.32 Å². The van der Waals surface area contributed by atoms with E-state index in [1.165, 1.54) is 11.3 Å². The normalized spacial score (nSPS) is 13.2. The molecule has 4 rings (SSSR count). The molecule has 0 atom stereocenters. The van der Waals surface area contributed by atoms with Gasteiger partial charge in [-0.25, -0.2) is 0 Å². The molecule has 2 aromatic carbocycles. The summed E-state index contributed by atoms with van der Waals surface area (Å²) >= 11 is 7.41. The van der Waals surface area contributed by atoms with Crippen molar-refractivity contribution in [3.8, 4) is 10.4 Å². The number of benzene rings is 2. The first-order valence-corrected chi connectivity index (χ1v) is 10.7. The quantitative estimate of drug-likeness (QED) is 0.541. The Balaban J connectivity index is 1.54. The summed E-state index contributed by atoms with van der Waals surface area (Å²) in [5.41, 5.74) is 4.06. The molecule has 1 heterocycles. The van der Waals surface area contributed by atoms with Gasteiger partial charge in [-0.3, -0.25) is 9.59 Å². The first-order chi connectivity index (χ1) is 13.9. The van der Waals surface area contributed by atoms with Gasteiger partial charge in [0, 0.05) is 27.2 Å². The van der Waals surface area contributed by atoms with Gasteiger partial charge in [0.15, 0.2) is 0 Å². The first kappa shape index (κ1) is 19.7. The Hall–Kier alpha value is -2.63. The van der Waals surface area contributed by atoms with Crippen LogP contribution in [-0.2, 0) is 0 Å². The second-order valence-electron chi connectivity index (χ2n) is 7.36. The number of anilines is 1. The molecule has 2 amide bonds. The van der Waals surface area contributed by atoms with Crippen molar-refractivity contribution in [2.24, 2.45) is 0 Å². The predicted octanol–water partition coefficient (Wildman–Crippen LogP) is 5.83. The minimum atomic E-state index is -0.171. The molecule has 29 heavy (non-hydrogen) atoms. The van der Waals surface area contributed by atoms with Crippen LogP contribution < -0.4 is 10.6 Å². The highest BCUT2D eigenvalue weighted by atomic mass is 35.5. The Morgan fingerprint density at radius 3 is 2.38 bits per heavy atom. The summed E-state index contributed by atoms with van der Waals surface area (Å²) in [4.78, 5) is 26.9. The van der Waals surface area contributed by atoms with Crippen LogP contribution in [0.1, 0.15) is 44.0 Å². The van der Waals surface area contributed by atoms with E-state index in [9.17, 15) is 9.59 Å². The molecule has 4 nitrogen and oxygen atoms in total. The number of halogens is 1. The third-order valence-corrected chi connectivity index (χ3v) is 6.45. The van der Waals surface area contributed by atoms with Crippen LogP contribution >= 0.6 is 22.9 Å². The summed E-state index contributed by atoms with van der Waals surface area (Å²) in [5, 5.41) is 6.63. The largest absolute Gasteiger partial charge is 0.349 e. The third kappa shape index (κ3) is 4.52. The van der Waals surface area contributed by atoms with Crippen molar-refractivity contribution in [2.45, 2.75) is 32.7 Å². The molecule has 1 aromatic heterocycles. The fourth-order valence-corrected chi connectivity index (χ4v) is 4.24. The van der Waals surface area contributed by atoms with Crippen molar-refractivity contribution >= 4 is 40.4 Å². The molecule has 1 aliphatic carbocycles. The SMILES string of the molecule is Cc1ccc(C(=O)NC2CC2)cc1NC(=O)c1sc(-c2ccc(Cl)cc2)cc1C. The number of thiophene rings is 1. The Bertz CT molecular complexity index is 1080. The lowest BCUT2D eigenvalue weighted by atomic mass is 10.1. The molecule has 1 aliphatic rings. The fourth-order valence-electron chi connectivity index (χ4n) is 3.04. The topological polar surface area (TPSA) is 58.2 Å². The van der Waals surface area contributed by atoms with Gasteiger partial charge in [-0.15, -0.1) is 11.3 Å². The lowest BCUT2D eigenvalue weighted by Gasteiger charge is -2.11. The van der Waals surface area contributed by atoms with E-state index in [-0.39, 0.29) is 11.8 Å². The predicted molar refractivity (Wildman–Crippen MR) is 119 cm³/mol. The van der Waals surface area contributed by atoms with E-state index in [0.717, 1.165) is 34.4 Å².